The number of aromatic nitrogens is 1. The number of anilines is 1. The second-order valence-corrected chi connectivity index (χ2v) is 12.1. The zero-order chi connectivity index (χ0) is 24.6. The molecule has 0 unspecified atom stereocenters. The van der Waals surface area contributed by atoms with Crippen molar-refractivity contribution in [2.45, 2.75) is 17.9 Å². The number of thioether (sulfide) groups is 1. The maximum atomic E-state index is 16.1. The van der Waals surface area contributed by atoms with E-state index in [-0.39, 0.29) is 57.9 Å². The van der Waals surface area contributed by atoms with E-state index in [1.165, 1.54) is 28.7 Å². The fraction of sp³-hybridized carbons (Fsp3) is 0.238. The van der Waals surface area contributed by atoms with Gasteiger partial charge in [0, 0.05) is 0 Å². The van der Waals surface area contributed by atoms with Gasteiger partial charge in [0.05, 0.1) is 0 Å². The number of phenols is 1. The van der Waals surface area contributed by atoms with Gasteiger partial charge in [0.15, 0.2) is 0 Å². The van der Waals surface area contributed by atoms with Crippen molar-refractivity contribution in [2.24, 2.45) is 0 Å². The normalized spacial score (nSPS) is 14.5. The number of phenolic OH excluding ortho intramolecular Hbond substituents is 1. The summed E-state index contributed by atoms with van der Waals surface area (Å²) in [5.74, 6) is -2.24. The first-order valence-electron chi connectivity index (χ1n) is 9.89. The number of fused-ring (bicyclic) bond motifs is 2. The fourth-order valence-electron chi connectivity index (χ4n) is 3.59. The van der Waals surface area contributed by atoms with E-state index >= 15 is 4.39 Å². The van der Waals surface area contributed by atoms with E-state index in [9.17, 15) is 28.0 Å². The number of hydrogen-bond acceptors (Lipinski definition) is 9. The average Bonchev–Trinajstić information content (AvgIpc) is 3.30. The van der Waals surface area contributed by atoms with E-state index in [0.29, 0.717) is 21.8 Å². The molecule has 1 N–H and O–H groups in total. The van der Waals surface area contributed by atoms with Crippen LogP contribution in [0, 0.1) is 0 Å². The summed E-state index contributed by atoms with van der Waals surface area (Å²) in [6, 6.07) is 9.59. The molecule has 0 radical (unpaired) electrons. The molecule has 0 bridgehead atoms. The quantitative estimate of drug-likeness (QED) is 0.175. The molecule has 2 aromatic carbocycles. The number of nitrogens with zero attached hydrogens (tertiary/aromatic N) is 2. The van der Waals surface area contributed by atoms with Crippen LogP contribution in [-0.2, 0) is 21.5 Å². The number of carboxylic acids is 1. The molecule has 0 saturated heterocycles. The molecule has 0 saturated carbocycles. The van der Waals surface area contributed by atoms with Crippen molar-refractivity contribution >= 4 is 63.6 Å². The van der Waals surface area contributed by atoms with Gasteiger partial charge in [0.1, 0.15) is 0 Å². The van der Waals surface area contributed by atoms with Gasteiger partial charge in [0.25, 0.3) is 0 Å². The molecule has 0 spiro atoms. The van der Waals surface area contributed by atoms with Crippen LogP contribution in [0.15, 0.2) is 46.3 Å². The van der Waals surface area contributed by atoms with Crippen molar-refractivity contribution in [2.75, 3.05) is 24.3 Å². The van der Waals surface area contributed by atoms with Gasteiger partial charge in [-0.3, -0.25) is 0 Å². The Labute approximate surface area is 233 Å². The predicted molar refractivity (Wildman–Crippen MR) is 121 cm³/mol. The summed E-state index contributed by atoms with van der Waals surface area (Å²) in [6.07, 6.45) is -0.0566. The zero-order valence-electron chi connectivity index (χ0n) is 18.7. The fourth-order valence-corrected chi connectivity index (χ4v) is 7.58. The Kier molecular flexibility index (Phi) is 8.98. The first kappa shape index (κ1) is 28.0. The van der Waals surface area contributed by atoms with Crippen LogP contribution >= 0.6 is 11.8 Å². The van der Waals surface area contributed by atoms with Crippen LogP contribution < -0.4 is 48.9 Å². The number of halogens is 1. The number of benzene rings is 2. The Balaban J connectivity index is 0.00000342. The topological polar surface area (TPSA) is 134 Å². The van der Waals surface area contributed by atoms with Crippen molar-refractivity contribution < 1.29 is 71.2 Å². The number of carbonyl (C=O) groups is 1. The summed E-state index contributed by atoms with van der Waals surface area (Å²) in [5.41, 5.74) is 0.978. The third kappa shape index (κ3) is 6.23. The van der Waals surface area contributed by atoms with E-state index in [2.05, 4.69) is 0 Å². The summed E-state index contributed by atoms with van der Waals surface area (Å²) in [5, 5.41) is 21.5. The van der Waals surface area contributed by atoms with Crippen molar-refractivity contribution in [1.82, 2.24) is 0 Å². The second kappa shape index (κ2) is 11.2. The molecular formula is C21H18FN2NaO7S2Se. The summed E-state index contributed by atoms with van der Waals surface area (Å²) in [7, 11) is -2.98. The van der Waals surface area contributed by atoms with Crippen LogP contribution in [0.2, 0.25) is 0 Å². The first-order chi connectivity index (χ1) is 16.1. The van der Waals surface area contributed by atoms with Crippen LogP contribution in [0.1, 0.15) is 11.0 Å². The number of aromatic hydroxyl groups is 1. The Morgan fingerprint density at radius 2 is 2.03 bits per heavy atom. The van der Waals surface area contributed by atoms with E-state index in [1.807, 2.05) is 0 Å². The van der Waals surface area contributed by atoms with Gasteiger partial charge in [0.2, 0.25) is 0 Å². The van der Waals surface area contributed by atoms with Gasteiger partial charge >= 0.3 is 235 Å². The van der Waals surface area contributed by atoms with Crippen LogP contribution in [0.5, 0.6) is 11.5 Å². The molecule has 35 heavy (non-hydrogen) atoms. The number of ether oxygens (including phenoxy) is 1. The van der Waals surface area contributed by atoms with Gasteiger partial charge in [-0.1, -0.05) is 0 Å². The molecule has 0 amide bonds. The SMILES string of the molecule is COc1ccc2[se]c(C(F)=C3Sc4ccc(O)cc4N3CCCS(=O)(=O)[O-])[n+](CC(=O)[O-])c2c1.[Na+]. The number of carboxylic acid groups (broad SMARTS) is 1. The van der Waals surface area contributed by atoms with Crippen molar-refractivity contribution in [1.29, 1.82) is 0 Å². The summed E-state index contributed by atoms with van der Waals surface area (Å²) in [4.78, 5) is 13.6. The largest absolute Gasteiger partial charge is 1.00 e. The number of methoxy groups -OCH3 is 1. The molecule has 2 heterocycles. The minimum atomic E-state index is -4.46. The summed E-state index contributed by atoms with van der Waals surface area (Å²) in [6.45, 7) is -0.556. The first-order valence-corrected chi connectivity index (χ1v) is 14.0. The summed E-state index contributed by atoms with van der Waals surface area (Å²) < 4.78 is 56.8. The molecule has 9 nitrogen and oxygen atoms in total. The Bertz CT molecular complexity index is 1430. The second-order valence-electron chi connectivity index (χ2n) is 7.34. The molecule has 0 aliphatic carbocycles. The van der Waals surface area contributed by atoms with E-state index < -0.39 is 48.7 Å². The molecule has 3 aromatic rings. The summed E-state index contributed by atoms with van der Waals surface area (Å²) >= 11 is 0.506. The maximum absolute atomic E-state index is 16.1. The number of hydrogen-bond donors (Lipinski definition) is 1. The molecule has 1 aliphatic rings. The van der Waals surface area contributed by atoms with Gasteiger partial charge in [-0.25, -0.2) is 0 Å². The van der Waals surface area contributed by atoms with E-state index in [4.69, 9.17) is 4.74 Å². The van der Waals surface area contributed by atoms with Crippen molar-refractivity contribution in [3.63, 3.8) is 0 Å². The molecule has 0 fully saturated rings. The third-order valence-corrected chi connectivity index (χ3v) is 9.41. The smallest absolute Gasteiger partial charge is 1.00 e. The van der Waals surface area contributed by atoms with E-state index in [0.717, 1.165) is 16.0 Å². The molecule has 0 atom stereocenters. The van der Waals surface area contributed by atoms with Gasteiger partial charge in [-0.2, -0.15) is 0 Å². The third-order valence-electron chi connectivity index (χ3n) is 5.03. The Morgan fingerprint density at radius 1 is 1.29 bits per heavy atom. The molecule has 4 rings (SSSR count). The average molecular weight is 595 g/mol. The number of rotatable bonds is 8. The maximum Gasteiger partial charge on any atom is 1.00 e. The molecule has 1 aromatic heterocycles. The van der Waals surface area contributed by atoms with Crippen LogP contribution in [0.25, 0.3) is 15.6 Å². The van der Waals surface area contributed by atoms with Crippen LogP contribution in [-0.4, -0.2) is 58.0 Å². The molecule has 180 valence electrons. The molecular weight excluding hydrogens is 577 g/mol. The standard InChI is InChI=1S/C21H19FN2O7S2Se.Na/c1-31-13-4-6-17-15(10-13)24(11-18(26)27)21(34-17)19(22)20-23(7-2-8-33(28,29)30)14-9-12(25)3-5-16(14)32-20;/h3-6,9-10H,2,7-8,11H2,1H3,(H2-,25,26,27,28,29,30);/q;+1/p-1. The Hall–Kier alpha value is -1.57. The van der Waals surface area contributed by atoms with E-state index in [1.54, 1.807) is 24.3 Å². The van der Waals surface area contributed by atoms with Gasteiger partial charge in [-0.15, -0.1) is 0 Å². The number of aliphatic carboxylic acids is 1. The minimum Gasteiger partial charge on any atom is 1.00 e. The zero-order valence-corrected chi connectivity index (χ0v) is 24.0. The van der Waals surface area contributed by atoms with Gasteiger partial charge in [-0.05, 0) is 0 Å². The molecule has 14 heteroatoms. The van der Waals surface area contributed by atoms with Crippen LogP contribution in [0.3, 0.4) is 0 Å². The molecule has 1 aliphatic heterocycles. The number of carbonyl (C=O) groups excluding carboxylic acids is 1. The Morgan fingerprint density at radius 3 is 2.69 bits per heavy atom. The van der Waals surface area contributed by atoms with Crippen molar-refractivity contribution in [3.05, 3.63) is 46.0 Å². The van der Waals surface area contributed by atoms with Gasteiger partial charge < -0.3 is 0 Å². The van der Waals surface area contributed by atoms with Crippen LogP contribution in [0.4, 0.5) is 10.1 Å². The predicted octanol–water partition coefficient (Wildman–Crippen LogP) is -2.20. The minimum absolute atomic E-state index is 0. The monoisotopic (exact) mass is 596 g/mol. The van der Waals surface area contributed by atoms with Crippen molar-refractivity contribution in [3.8, 4) is 11.5 Å².